The van der Waals surface area contributed by atoms with Crippen LogP contribution in [0.15, 0.2) is 24.3 Å². The van der Waals surface area contributed by atoms with E-state index in [4.69, 9.17) is 11.6 Å². The first kappa shape index (κ1) is 13.3. The highest BCUT2D eigenvalue weighted by atomic mass is 35.5. The Kier molecular flexibility index (Phi) is 3.66. The first-order chi connectivity index (χ1) is 8.97. The van der Waals surface area contributed by atoms with Crippen LogP contribution in [-0.4, -0.2) is 16.1 Å². The summed E-state index contributed by atoms with van der Waals surface area (Å²) in [6, 6.07) is 3.43. The van der Waals surface area contributed by atoms with Crippen LogP contribution in [0.1, 0.15) is 10.5 Å². The maximum atomic E-state index is 13.3. The lowest BCUT2D eigenvalue weighted by atomic mass is 10.2. The van der Waals surface area contributed by atoms with Crippen LogP contribution in [0, 0.1) is 17.5 Å². The molecule has 1 N–H and O–H groups in total. The van der Waals surface area contributed by atoms with Crippen LogP contribution in [0.25, 0.3) is 0 Å². The SMILES string of the molecule is O=C(Nc1cc(F)c(F)cc1F)c1ccc(Cl)nn1. The quantitative estimate of drug-likeness (QED) is 0.864. The predicted molar refractivity (Wildman–Crippen MR) is 61.3 cm³/mol. The summed E-state index contributed by atoms with van der Waals surface area (Å²) in [5.74, 6) is -4.55. The Labute approximate surface area is 110 Å². The van der Waals surface area contributed by atoms with Crippen molar-refractivity contribution in [2.45, 2.75) is 0 Å². The van der Waals surface area contributed by atoms with Crippen LogP contribution >= 0.6 is 11.6 Å². The number of hydrogen-bond donors (Lipinski definition) is 1. The van der Waals surface area contributed by atoms with Gasteiger partial charge in [-0.3, -0.25) is 4.79 Å². The minimum atomic E-state index is -1.35. The molecule has 4 nitrogen and oxygen atoms in total. The van der Waals surface area contributed by atoms with Gasteiger partial charge in [-0.2, -0.15) is 0 Å². The van der Waals surface area contributed by atoms with Crippen molar-refractivity contribution in [2.24, 2.45) is 0 Å². The van der Waals surface area contributed by atoms with E-state index in [2.05, 4.69) is 10.2 Å². The van der Waals surface area contributed by atoms with Crippen molar-refractivity contribution in [3.05, 3.63) is 52.6 Å². The monoisotopic (exact) mass is 287 g/mol. The van der Waals surface area contributed by atoms with Gasteiger partial charge < -0.3 is 5.32 Å². The number of rotatable bonds is 2. The summed E-state index contributed by atoms with van der Waals surface area (Å²) in [7, 11) is 0. The van der Waals surface area contributed by atoms with Crippen molar-refractivity contribution in [3.63, 3.8) is 0 Å². The number of carbonyl (C=O) groups excluding carboxylic acids is 1. The fourth-order valence-corrected chi connectivity index (χ4v) is 1.34. The van der Waals surface area contributed by atoms with Gasteiger partial charge in [0.05, 0.1) is 5.69 Å². The maximum Gasteiger partial charge on any atom is 0.276 e. The summed E-state index contributed by atoms with van der Waals surface area (Å²) >= 11 is 5.48. The number of amides is 1. The molecule has 0 aliphatic heterocycles. The Balaban J connectivity index is 2.24. The summed E-state index contributed by atoms with van der Waals surface area (Å²) in [5, 5.41) is 9.01. The van der Waals surface area contributed by atoms with E-state index in [-0.39, 0.29) is 10.8 Å². The molecule has 2 aromatic rings. The molecule has 8 heteroatoms. The Morgan fingerprint density at radius 1 is 1.05 bits per heavy atom. The number of aromatic nitrogens is 2. The second-order valence-corrected chi connectivity index (χ2v) is 3.83. The zero-order valence-electron chi connectivity index (χ0n) is 9.12. The van der Waals surface area contributed by atoms with Gasteiger partial charge in [0, 0.05) is 12.1 Å². The molecule has 0 bridgehead atoms. The highest BCUT2D eigenvalue weighted by Crippen LogP contribution is 2.19. The molecular formula is C11H5ClF3N3O. The third kappa shape index (κ3) is 3.00. The molecule has 19 heavy (non-hydrogen) atoms. The van der Waals surface area contributed by atoms with Gasteiger partial charge in [0.25, 0.3) is 5.91 Å². The zero-order valence-corrected chi connectivity index (χ0v) is 9.88. The average molecular weight is 288 g/mol. The fourth-order valence-electron chi connectivity index (χ4n) is 1.24. The smallest absolute Gasteiger partial charge is 0.276 e. The molecule has 0 fully saturated rings. The minimum Gasteiger partial charge on any atom is -0.318 e. The van der Waals surface area contributed by atoms with Crippen molar-refractivity contribution >= 4 is 23.2 Å². The Morgan fingerprint density at radius 2 is 1.74 bits per heavy atom. The van der Waals surface area contributed by atoms with Crippen LogP contribution in [0.3, 0.4) is 0 Å². The van der Waals surface area contributed by atoms with Crippen LogP contribution < -0.4 is 5.32 Å². The molecule has 0 spiro atoms. The van der Waals surface area contributed by atoms with E-state index in [0.29, 0.717) is 12.1 Å². The molecular weight excluding hydrogens is 283 g/mol. The molecule has 0 aliphatic carbocycles. The molecule has 98 valence electrons. The third-order valence-electron chi connectivity index (χ3n) is 2.12. The third-order valence-corrected chi connectivity index (χ3v) is 2.32. The van der Waals surface area contributed by atoms with E-state index in [1.165, 1.54) is 12.1 Å². The highest BCUT2D eigenvalue weighted by Gasteiger charge is 2.14. The fraction of sp³-hybridized carbons (Fsp3) is 0. The first-order valence-corrected chi connectivity index (χ1v) is 5.30. The molecule has 1 aromatic heterocycles. The van der Waals surface area contributed by atoms with E-state index < -0.39 is 29.0 Å². The number of halogens is 4. The number of hydrogen-bond acceptors (Lipinski definition) is 3. The lowest BCUT2D eigenvalue weighted by Gasteiger charge is -2.06. The van der Waals surface area contributed by atoms with Crippen molar-refractivity contribution in [3.8, 4) is 0 Å². The molecule has 0 radical (unpaired) electrons. The highest BCUT2D eigenvalue weighted by molar-refractivity contribution is 6.29. The normalized spacial score (nSPS) is 10.3. The molecule has 0 aliphatic rings. The molecule has 1 amide bonds. The summed E-state index contributed by atoms with van der Waals surface area (Å²) in [4.78, 5) is 11.6. The van der Waals surface area contributed by atoms with Gasteiger partial charge in [0.15, 0.2) is 22.5 Å². The van der Waals surface area contributed by atoms with Crippen LogP contribution in [0.4, 0.5) is 18.9 Å². The Bertz CT molecular complexity index is 634. The van der Waals surface area contributed by atoms with Gasteiger partial charge in [-0.25, -0.2) is 13.2 Å². The Morgan fingerprint density at radius 3 is 2.37 bits per heavy atom. The minimum absolute atomic E-state index is 0.0792. The molecule has 0 unspecified atom stereocenters. The zero-order chi connectivity index (χ0) is 14.0. The second kappa shape index (κ2) is 5.23. The summed E-state index contributed by atoms with van der Waals surface area (Å²) in [6.45, 7) is 0. The van der Waals surface area contributed by atoms with Gasteiger partial charge in [-0.1, -0.05) is 11.6 Å². The van der Waals surface area contributed by atoms with Crippen LogP contribution in [0.5, 0.6) is 0 Å². The van der Waals surface area contributed by atoms with Crippen LogP contribution in [0.2, 0.25) is 5.15 Å². The summed E-state index contributed by atoms with van der Waals surface area (Å²) in [6.07, 6.45) is 0. The molecule has 2 rings (SSSR count). The Hall–Kier alpha value is -2.15. The first-order valence-electron chi connectivity index (χ1n) is 4.92. The lowest BCUT2D eigenvalue weighted by molar-refractivity contribution is 0.102. The van der Waals surface area contributed by atoms with Gasteiger partial charge in [0.2, 0.25) is 0 Å². The average Bonchev–Trinajstić information content (AvgIpc) is 2.36. The van der Waals surface area contributed by atoms with Gasteiger partial charge >= 0.3 is 0 Å². The van der Waals surface area contributed by atoms with Crippen molar-refractivity contribution in [2.75, 3.05) is 5.32 Å². The van der Waals surface area contributed by atoms with E-state index in [9.17, 15) is 18.0 Å². The van der Waals surface area contributed by atoms with Crippen molar-refractivity contribution in [1.82, 2.24) is 10.2 Å². The largest absolute Gasteiger partial charge is 0.318 e. The number of nitrogens with zero attached hydrogens (tertiary/aromatic N) is 2. The standard InChI is InChI=1S/C11H5ClF3N3O/c12-10-2-1-8(17-18-10)11(19)16-9-4-6(14)5(13)3-7(9)15/h1-4H,(H,16,19). The number of anilines is 1. The number of carbonyl (C=O) groups is 1. The molecule has 0 saturated carbocycles. The molecule has 0 atom stereocenters. The van der Waals surface area contributed by atoms with E-state index in [1.807, 2.05) is 5.32 Å². The summed E-state index contributed by atoms with van der Waals surface area (Å²) in [5.41, 5.74) is -0.644. The van der Waals surface area contributed by atoms with Gasteiger partial charge in [-0.15, -0.1) is 10.2 Å². The van der Waals surface area contributed by atoms with Crippen molar-refractivity contribution in [1.29, 1.82) is 0 Å². The van der Waals surface area contributed by atoms with Crippen molar-refractivity contribution < 1.29 is 18.0 Å². The number of nitrogens with one attached hydrogen (secondary N) is 1. The van der Waals surface area contributed by atoms with E-state index in [1.54, 1.807) is 0 Å². The molecule has 1 heterocycles. The topological polar surface area (TPSA) is 54.9 Å². The molecule has 1 aromatic carbocycles. The van der Waals surface area contributed by atoms with E-state index in [0.717, 1.165) is 0 Å². The summed E-state index contributed by atoms with van der Waals surface area (Å²) < 4.78 is 38.9. The van der Waals surface area contributed by atoms with Gasteiger partial charge in [0.1, 0.15) is 5.82 Å². The van der Waals surface area contributed by atoms with Gasteiger partial charge in [-0.05, 0) is 12.1 Å². The van der Waals surface area contributed by atoms with E-state index >= 15 is 0 Å². The number of benzene rings is 1. The second-order valence-electron chi connectivity index (χ2n) is 3.44. The molecule has 0 saturated heterocycles. The van der Waals surface area contributed by atoms with Crippen LogP contribution in [-0.2, 0) is 0 Å². The maximum absolute atomic E-state index is 13.3. The predicted octanol–water partition coefficient (Wildman–Crippen LogP) is 2.80. The lowest BCUT2D eigenvalue weighted by Crippen LogP contribution is -2.15.